The molecular formula is C12H15FN4O. The van der Waals surface area contributed by atoms with Crippen LogP contribution in [-0.2, 0) is 0 Å². The van der Waals surface area contributed by atoms with Crippen molar-refractivity contribution < 1.29 is 8.81 Å². The van der Waals surface area contributed by atoms with E-state index < -0.39 is 0 Å². The largest absolute Gasteiger partial charge is 0.406 e. The highest BCUT2D eigenvalue weighted by Crippen LogP contribution is 2.20. The van der Waals surface area contributed by atoms with Crippen molar-refractivity contribution in [2.45, 2.75) is 25.9 Å². The van der Waals surface area contributed by atoms with E-state index in [0.717, 1.165) is 5.56 Å². The zero-order valence-corrected chi connectivity index (χ0v) is 10.2. The van der Waals surface area contributed by atoms with Crippen molar-refractivity contribution >= 4 is 6.01 Å². The summed E-state index contributed by atoms with van der Waals surface area (Å²) in [6.45, 7) is 3.64. The van der Waals surface area contributed by atoms with Crippen molar-refractivity contribution in [2.24, 2.45) is 5.73 Å². The second-order valence-corrected chi connectivity index (χ2v) is 4.16. The molecule has 2 atom stereocenters. The number of halogens is 1. The van der Waals surface area contributed by atoms with E-state index >= 15 is 0 Å². The van der Waals surface area contributed by atoms with Crippen LogP contribution in [0.1, 0.15) is 37.4 Å². The lowest BCUT2D eigenvalue weighted by atomic mass is 10.1. The summed E-state index contributed by atoms with van der Waals surface area (Å²) in [4.78, 5) is 0. The minimum Gasteiger partial charge on any atom is -0.406 e. The molecule has 96 valence electrons. The van der Waals surface area contributed by atoms with Crippen LogP contribution in [0.3, 0.4) is 0 Å². The molecule has 2 rings (SSSR count). The summed E-state index contributed by atoms with van der Waals surface area (Å²) in [6.07, 6.45) is 0. The third kappa shape index (κ3) is 2.84. The number of rotatable bonds is 4. The van der Waals surface area contributed by atoms with Gasteiger partial charge in [-0.2, -0.15) is 0 Å². The van der Waals surface area contributed by atoms with E-state index in [2.05, 4.69) is 15.5 Å². The Morgan fingerprint density at radius 3 is 2.72 bits per heavy atom. The van der Waals surface area contributed by atoms with Gasteiger partial charge in [-0.3, -0.25) is 0 Å². The SMILES string of the molecule is CC(N)c1nnc(NC(C)c2cccc(F)c2)o1. The minimum atomic E-state index is -0.308. The molecule has 0 aliphatic rings. The fraction of sp³-hybridized carbons (Fsp3) is 0.333. The highest BCUT2D eigenvalue weighted by Gasteiger charge is 2.13. The molecule has 2 unspecified atom stereocenters. The average Bonchev–Trinajstić information content (AvgIpc) is 2.77. The molecule has 6 heteroatoms. The first-order chi connectivity index (χ1) is 8.56. The van der Waals surface area contributed by atoms with Crippen LogP contribution in [0, 0.1) is 5.82 Å². The van der Waals surface area contributed by atoms with Crippen molar-refractivity contribution in [3.8, 4) is 0 Å². The van der Waals surface area contributed by atoms with Crippen molar-refractivity contribution in [2.75, 3.05) is 5.32 Å². The summed E-state index contributed by atoms with van der Waals surface area (Å²) >= 11 is 0. The van der Waals surface area contributed by atoms with E-state index in [1.54, 1.807) is 13.0 Å². The maximum Gasteiger partial charge on any atom is 0.315 e. The van der Waals surface area contributed by atoms with Crippen LogP contribution in [0.2, 0.25) is 0 Å². The molecule has 0 aliphatic heterocycles. The number of hydrogen-bond acceptors (Lipinski definition) is 5. The second-order valence-electron chi connectivity index (χ2n) is 4.16. The van der Waals surface area contributed by atoms with Crippen LogP contribution in [-0.4, -0.2) is 10.2 Å². The zero-order valence-electron chi connectivity index (χ0n) is 10.2. The first-order valence-electron chi connectivity index (χ1n) is 5.67. The molecule has 1 heterocycles. The summed E-state index contributed by atoms with van der Waals surface area (Å²) in [5.74, 6) is 0.0897. The third-order valence-corrected chi connectivity index (χ3v) is 2.52. The van der Waals surface area contributed by atoms with Gasteiger partial charge in [-0.05, 0) is 31.5 Å². The Morgan fingerprint density at radius 1 is 1.33 bits per heavy atom. The number of nitrogens with one attached hydrogen (secondary N) is 1. The Labute approximate surface area is 104 Å². The Kier molecular flexibility index (Phi) is 3.57. The van der Waals surface area contributed by atoms with Crippen molar-refractivity contribution in [1.82, 2.24) is 10.2 Å². The van der Waals surface area contributed by atoms with Crippen molar-refractivity contribution in [1.29, 1.82) is 0 Å². The van der Waals surface area contributed by atoms with E-state index in [-0.39, 0.29) is 23.9 Å². The predicted molar refractivity (Wildman–Crippen MR) is 65.3 cm³/mol. The average molecular weight is 250 g/mol. The molecule has 18 heavy (non-hydrogen) atoms. The number of nitrogens with zero attached hydrogens (tertiary/aromatic N) is 2. The second kappa shape index (κ2) is 5.14. The maximum absolute atomic E-state index is 13.1. The monoisotopic (exact) mass is 250 g/mol. The molecule has 0 saturated heterocycles. The third-order valence-electron chi connectivity index (χ3n) is 2.52. The number of hydrogen-bond donors (Lipinski definition) is 2. The number of nitrogens with two attached hydrogens (primary N) is 1. The number of aromatic nitrogens is 2. The standard InChI is InChI=1S/C12H15FN4O/c1-7(14)11-16-17-12(18-11)15-8(2)9-4-3-5-10(13)6-9/h3-8H,14H2,1-2H3,(H,15,17). The van der Waals surface area contributed by atoms with Crippen molar-refractivity contribution in [3.63, 3.8) is 0 Å². The van der Waals surface area contributed by atoms with Gasteiger partial charge in [-0.1, -0.05) is 17.2 Å². The first kappa shape index (κ1) is 12.5. The molecule has 0 amide bonds. The Morgan fingerprint density at radius 2 is 2.11 bits per heavy atom. The molecule has 1 aromatic heterocycles. The van der Waals surface area contributed by atoms with Gasteiger partial charge in [0.2, 0.25) is 5.89 Å². The van der Waals surface area contributed by atoms with Crippen LogP contribution in [0.15, 0.2) is 28.7 Å². The molecule has 0 saturated carbocycles. The van der Waals surface area contributed by atoms with Gasteiger partial charge in [0.05, 0.1) is 12.1 Å². The lowest BCUT2D eigenvalue weighted by Gasteiger charge is -2.11. The Bertz CT molecular complexity index is 526. The summed E-state index contributed by atoms with van der Waals surface area (Å²) in [5.41, 5.74) is 6.42. The molecule has 0 radical (unpaired) electrons. The molecule has 3 N–H and O–H groups in total. The Balaban J connectivity index is 2.08. The van der Waals surface area contributed by atoms with E-state index in [0.29, 0.717) is 5.89 Å². The molecule has 0 fully saturated rings. The lowest BCUT2D eigenvalue weighted by Crippen LogP contribution is -2.07. The molecule has 5 nitrogen and oxygen atoms in total. The van der Waals surface area contributed by atoms with Gasteiger partial charge in [0.15, 0.2) is 0 Å². The lowest BCUT2D eigenvalue weighted by molar-refractivity contribution is 0.470. The zero-order chi connectivity index (χ0) is 13.1. The van der Waals surface area contributed by atoms with Crippen LogP contribution in [0.4, 0.5) is 10.4 Å². The fourth-order valence-electron chi connectivity index (χ4n) is 1.52. The summed E-state index contributed by atoms with van der Waals surface area (Å²) in [6, 6.07) is 6.17. The fourth-order valence-corrected chi connectivity index (χ4v) is 1.52. The molecule has 1 aromatic carbocycles. The van der Waals surface area contributed by atoms with E-state index in [1.807, 2.05) is 13.0 Å². The van der Waals surface area contributed by atoms with Gasteiger partial charge in [0, 0.05) is 0 Å². The Hall–Kier alpha value is -1.95. The first-order valence-corrected chi connectivity index (χ1v) is 5.67. The summed E-state index contributed by atoms with van der Waals surface area (Å²) < 4.78 is 18.4. The molecular weight excluding hydrogens is 235 g/mol. The van der Waals surface area contributed by atoms with Gasteiger partial charge < -0.3 is 15.5 Å². The van der Waals surface area contributed by atoms with Gasteiger partial charge in [0.25, 0.3) is 0 Å². The number of benzene rings is 1. The molecule has 0 spiro atoms. The van der Waals surface area contributed by atoms with E-state index in [4.69, 9.17) is 10.2 Å². The highest BCUT2D eigenvalue weighted by atomic mass is 19.1. The normalized spacial score (nSPS) is 14.2. The van der Waals surface area contributed by atoms with E-state index in [1.165, 1.54) is 12.1 Å². The van der Waals surface area contributed by atoms with Gasteiger partial charge in [-0.15, -0.1) is 5.10 Å². The molecule has 2 aromatic rings. The maximum atomic E-state index is 13.1. The topological polar surface area (TPSA) is 77.0 Å². The number of anilines is 1. The smallest absolute Gasteiger partial charge is 0.315 e. The highest BCUT2D eigenvalue weighted by molar-refractivity contribution is 5.28. The quantitative estimate of drug-likeness (QED) is 0.871. The van der Waals surface area contributed by atoms with E-state index in [9.17, 15) is 4.39 Å². The van der Waals surface area contributed by atoms with Crippen LogP contribution >= 0.6 is 0 Å². The van der Waals surface area contributed by atoms with Gasteiger partial charge in [-0.25, -0.2) is 4.39 Å². The molecule has 0 bridgehead atoms. The van der Waals surface area contributed by atoms with Crippen molar-refractivity contribution in [3.05, 3.63) is 41.5 Å². The van der Waals surface area contributed by atoms with Crippen LogP contribution in [0.25, 0.3) is 0 Å². The predicted octanol–water partition coefficient (Wildman–Crippen LogP) is 2.40. The minimum absolute atomic E-state index is 0.137. The molecule has 0 aliphatic carbocycles. The van der Waals surface area contributed by atoms with Gasteiger partial charge in [0.1, 0.15) is 5.82 Å². The summed E-state index contributed by atoms with van der Waals surface area (Å²) in [7, 11) is 0. The van der Waals surface area contributed by atoms with Crippen LogP contribution < -0.4 is 11.1 Å². The van der Waals surface area contributed by atoms with Crippen LogP contribution in [0.5, 0.6) is 0 Å². The van der Waals surface area contributed by atoms with Gasteiger partial charge >= 0.3 is 6.01 Å². The summed E-state index contributed by atoms with van der Waals surface area (Å²) in [5, 5.41) is 10.6.